The highest BCUT2D eigenvalue weighted by atomic mass is 32.1. The molecule has 0 radical (unpaired) electrons. The number of aryl methyl sites for hydroxylation is 1. The number of hydrogen-bond acceptors (Lipinski definition) is 2. The average molecular weight is 484 g/mol. The summed E-state index contributed by atoms with van der Waals surface area (Å²) in [6, 6.07) is 30.9. The third kappa shape index (κ3) is 3.98. The van der Waals surface area contributed by atoms with Crippen molar-refractivity contribution in [3.63, 3.8) is 0 Å². The number of rotatable bonds is 5. The molecule has 1 heterocycles. The molecule has 5 aromatic rings. The van der Waals surface area contributed by atoms with Crippen LogP contribution in [0, 0.1) is 6.92 Å². The second-order valence-electron chi connectivity index (χ2n) is 9.29. The number of thiophene rings is 1. The SMILES string of the molecule is C/C=C/c1cc(C)c(N(c2ccccc2)c2ccc(C3=CCCC=C3)cc2)c2sc3ccccc3c12. The average Bonchev–Trinajstić information content (AvgIpc) is 3.32. The fourth-order valence-electron chi connectivity index (χ4n) is 5.26. The Labute approximate surface area is 217 Å². The van der Waals surface area contributed by atoms with Crippen LogP contribution in [0.25, 0.3) is 31.8 Å². The highest BCUT2D eigenvalue weighted by Gasteiger charge is 2.22. The maximum absolute atomic E-state index is 2.43. The van der Waals surface area contributed by atoms with Crippen molar-refractivity contribution < 1.29 is 0 Å². The molecule has 4 aromatic carbocycles. The lowest BCUT2D eigenvalue weighted by Gasteiger charge is -2.28. The molecule has 6 rings (SSSR count). The van der Waals surface area contributed by atoms with Gasteiger partial charge in [-0.05, 0) is 85.4 Å². The first-order chi connectivity index (χ1) is 17.7. The van der Waals surface area contributed by atoms with Gasteiger partial charge in [0.05, 0.1) is 10.4 Å². The zero-order valence-corrected chi connectivity index (χ0v) is 21.6. The Morgan fingerprint density at radius 2 is 1.58 bits per heavy atom. The first-order valence-corrected chi connectivity index (χ1v) is 13.5. The lowest BCUT2D eigenvalue weighted by atomic mass is 9.98. The van der Waals surface area contributed by atoms with Crippen molar-refractivity contribution in [1.29, 1.82) is 0 Å². The van der Waals surface area contributed by atoms with Crippen molar-refractivity contribution in [1.82, 2.24) is 0 Å². The van der Waals surface area contributed by atoms with Crippen LogP contribution in [0.1, 0.15) is 36.5 Å². The van der Waals surface area contributed by atoms with Crippen LogP contribution >= 0.6 is 11.3 Å². The van der Waals surface area contributed by atoms with Crippen molar-refractivity contribution in [2.75, 3.05) is 4.90 Å². The van der Waals surface area contributed by atoms with Gasteiger partial charge in [0.1, 0.15) is 0 Å². The smallest absolute Gasteiger partial charge is 0.0669 e. The first-order valence-electron chi connectivity index (χ1n) is 12.6. The van der Waals surface area contributed by atoms with E-state index in [9.17, 15) is 0 Å². The number of hydrogen-bond donors (Lipinski definition) is 0. The lowest BCUT2D eigenvalue weighted by molar-refractivity contribution is 1.04. The maximum Gasteiger partial charge on any atom is 0.0669 e. The van der Waals surface area contributed by atoms with Crippen LogP contribution in [0.4, 0.5) is 17.1 Å². The van der Waals surface area contributed by atoms with Gasteiger partial charge in [0.15, 0.2) is 0 Å². The van der Waals surface area contributed by atoms with Crippen LogP contribution < -0.4 is 4.90 Å². The number of fused-ring (bicyclic) bond motifs is 3. The summed E-state index contributed by atoms with van der Waals surface area (Å²) in [4.78, 5) is 2.43. The van der Waals surface area contributed by atoms with Crippen LogP contribution in [-0.2, 0) is 0 Å². The van der Waals surface area contributed by atoms with Gasteiger partial charge in [-0.1, -0.05) is 78.9 Å². The van der Waals surface area contributed by atoms with E-state index in [0.717, 1.165) is 12.8 Å². The molecule has 1 aliphatic carbocycles. The van der Waals surface area contributed by atoms with Gasteiger partial charge in [-0.3, -0.25) is 0 Å². The minimum atomic E-state index is 1.12. The van der Waals surface area contributed by atoms with Crippen LogP contribution in [0.3, 0.4) is 0 Å². The van der Waals surface area contributed by atoms with E-state index < -0.39 is 0 Å². The normalized spacial score (nSPS) is 13.6. The predicted octanol–water partition coefficient (Wildman–Crippen LogP) is 10.6. The molecule has 1 aliphatic rings. The zero-order valence-electron chi connectivity index (χ0n) is 20.7. The first kappa shape index (κ1) is 22.6. The lowest BCUT2D eigenvalue weighted by Crippen LogP contribution is -2.11. The van der Waals surface area contributed by atoms with Crippen molar-refractivity contribution >= 4 is 60.2 Å². The molecule has 0 aliphatic heterocycles. The quantitative estimate of drug-likeness (QED) is 0.240. The summed E-state index contributed by atoms with van der Waals surface area (Å²) in [7, 11) is 0. The fraction of sp³-hybridized carbons (Fsp3) is 0.118. The summed E-state index contributed by atoms with van der Waals surface area (Å²) in [5.41, 5.74) is 8.75. The Kier molecular flexibility index (Phi) is 6.04. The molecule has 0 saturated carbocycles. The second kappa shape index (κ2) is 9.64. The number of nitrogens with zero attached hydrogens (tertiary/aromatic N) is 1. The predicted molar refractivity (Wildman–Crippen MR) is 160 cm³/mol. The monoisotopic (exact) mass is 483 g/mol. The van der Waals surface area contributed by atoms with Crippen molar-refractivity contribution in [2.45, 2.75) is 26.7 Å². The zero-order chi connectivity index (χ0) is 24.5. The standard InChI is InChI=1S/C34H29NS/c1-3-12-27-23-24(2)33(34-32(27)30-17-10-11-18-31(30)36-34)35(28-15-8-5-9-16-28)29-21-19-26(20-22-29)25-13-6-4-7-14-25/h3,5-6,8-23H,4,7H2,1-2H3/b12-3+. The molecule has 0 unspecified atom stereocenters. The Morgan fingerprint density at radius 1 is 0.833 bits per heavy atom. The van der Waals surface area contributed by atoms with Gasteiger partial charge >= 0.3 is 0 Å². The maximum atomic E-state index is 2.43. The minimum Gasteiger partial charge on any atom is -0.309 e. The molecule has 0 atom stereocenters. The van der Waals surface area contributed by atoms with Crippen LogP contribution in [0.15, 0.2) is 109 Å². The molecule has 0 bridgehead atoms. The molecular weight excluding hydrogens is 454 g/mol. The van der Waals surface area contributed by atoms with Gasteiger partial charge in [-0.25, -0.2) is 0 Å². The van der Waals surface area contributed by atoms with E-state index in [1.807, 2.05) is 11.3 Å². The van der Waals surface area contributed by atoms with Gasteiger partial charge in [0.2, 0.25) is 0 Å². The Bertz CT molecular complexity index is 1630. The highest BCUT2D eigenvalue weighted by molar-refractivity contribution is 7.26. The molecule has 1 aromatic heterocycles. The summed E-state index contributed by atoms with van der Waals surface area (Å²) in [5.74, 6) is 0. The van der Waals surface area contributed by atoms with Crippen molar-refractivity contribution in [3.05, 3.63) is 126 Å². The van der Waals surface area contributed by atoms with E-state index in [1.165, 1.54) is 59.5 Å². The Balaban J connectivity index is 1.60. The van der Waals surface area contributed by atoms with Crippen molar-refractivity contribution in [2.24, 2.45) is 0 Å². The number of allylic oxidation sites excluding steroid dienone is 5. The van der Waals surface area contributed by atoms with Crippen LogP contribution in [-0.4, -0.2) is 0 Å². The molecule has 0 spiro atoms. The summed E-state index contributed by atoms with van der Waals surface area (Å²) in [6.07, 6.45) is 13.5. The summed E-state index contributed by atoms with van der Waals surface area (Å²) in [5, 5.41) is 2.66. The third-order valence-corrected chi connectivity index (χ3v) is 8.06. The molecule has 0 fully saturated rings. The topological polar surface area (TPSA) is 3.24 Å². The van der Waals surface area contributed by atoms with Crippen LogP contribution in [0.2, 0.25) is 0 Å². The van der Waals surface area contributed by atoms with Crippen LogP contribution in [0.5, 0.6) is 0 Å². The summed E-state index contributed by atoms with van der Waals surface area (Å²) >= 11 is 1.89. The summed E-state index contributed by atoms with van der Waals surface area (Å²) < 4.78 is 2.65. The molecule has 0 saturated heterocycles. The van der Waals surface area contributed by atoms with Gasteiger partial charge < -0.3 is 4.90 Å². The third-order valence-electron chi connectivity index (χ3n) is 6.88. The fourth-order valence-corrected chi connectivity index (χ4v) is 6.58. The van der Waals surface area contributed by atoms with E-state index in [2.05, 4.69) is 134 Å². The number of anilines is 3. The van der Waals surface area contributed by atoms with E-state index in [-0.39, 0.29) is 0 Å². The molecular formula is C34H29NS. The molecule has 0 N–H and O–H groups in total. The minimum absolute atomic E-state index is 1.12. The van der Waals surface area contributed by atoms with Gasteiger partial charge in [0.25, 0.3) is 0 Å². The van der Waals surface area contributed by atoms with E-state index in [1.54, 1.807) is 0 Å². The van der Waals surface area contributed by atoms with Crippen molar-refractivity contribution in [3.8, 4) is 0 Å². The molecule has 2 heteroatoms. The highest BCUT2D eigenvalue weighted by Crippen LogP contribution is 2.48. The summed E-state index contributed by atoms with van der Waals surface area (Å²) in [6.45, 7) is 4.34. The molecule has 0 amide bonds. The Hall–Kier alpha value is -3.88. The molecule has 176 valence electrons. The molecule has 1 nitrogen and oxygen atoms in total. The van der Waals surface area contributed by atoms with Gasteiger partial charge in [-0.15, -0.1) is 11.3 Å². The van der Waals surface area contributed by atoms with E-state index in [0.29, 0.717) is 0 Å². The molecule has 36 heavy (non-hydrogen) atoms. The number of para-hydroxylation sites is 1. The van der Waals surface area contributed by atoms with Gasteiger partial charge in [-0.2, -0.15) is 0 Å². The second-order valence-corrected chi connectivity index (χ2v) is 10.3. The van der Waals surface area contributed by atoms with E-state index in [4.69, 9.17) is 0 Å². The Morgan fingerprint density at radius 3 is 2.33 bits per heavy atom. The van der Waals surface area contributed by atoms with E-state index >= 15 is 0 Å². The largest absolute Gasteiger partial charge is 0.309 e. The number of benzene rings is 4. The van der Waals surface area contributed by atoms with Gasteiger partial charge in [0, 0.05) is 26.8 Å².